The minimum Gasteiger partial charge on any atom is -0.385 e. The molecule has 0 aliphatic heterocycles. The maximum atomic E-state index is 13.7. The number of fused-ring (bicyclic) bond motifs is 2. The number of pyridine rings is 2. The summed E-state index contributed by atoms with van der Waals surface area (Å²) in [6.07, 6.45) is 8.03. The van der Waals surface area contributed by atoms with Crippen molar-refractivity contribution < 1.29 is 13.9 Å². The molecule has 1 aromatic carbocycles. The van der Waals surface area contributed by atoms with Crippen molar-refractivity contribution in [3.05, 3.63) is 77.9 Å². The molecular formula is C26H23F2N7O. The van der Waals surface area contributed by atoms with Gasteiger partial charge in [0.25, 0.3) is 0 Å². The summed E-state index contributed by atoms with van der Waals surface area (Å²) in [4.78, 5) is 9.08. The fourth-order valence-corrected chi connectivity index (χ4v) is 4.83. The van der Waals surface area contributed by atoms with Crippen molar-refractivity contribution in [1.29, 1.82) is 0 Å². The standard InChI is InChI=1S/C26H23F2N7O/c27-18-10-16(11-19(28)13-18)20-4-5-23-32-33-24(35(23)34-20)15-30-21-6-9-29-22-12-17(14-31-25(21)22)26(36)7-2-1-3-8-26/h4-6,9-14,36H,1-3,7-8,15H2,(H,29,30). The van der Waals surface area contributed by atoms with E-state index in [9.17, 15) is 13.9 Å². The first-order valence-electron chi connectivity index (χ1n) is 11.9. The summed E-state index contributed by atoms with van der Waals surface area (Å²) in [6, 6.07) is 10.4. The van der Waals surface area contributed by atoms with E-state index in [1.807, 2.05) is 12.1 Å². The first kappa shape index (κ1) is 22.4. The Morgan fingerprint density at radius 1 is 0.944 bits per heavy atom. The molecule has 0 saturated heterocycles. The van der Waals surface area contributed by atoms with Crippen molar-refractivity contribution >= 4 is 22.4 Å². The van der Waals surface area contributed by atoms with Gasteiger partial charge >= 0.3 is 0 Å². The number of rotatable bonds is 5. The summed E-state index contributed by atoms with van der Waals surface area (Å²) in [5.74, 6) is -0.830. The van der Waals surface area contributed by atoms with Crippen LogP contribution < -0.4 is 5.32 Å². The maximum Gasteiger partial charge on any atom is 0.178 e. The van der Waals surface area contributed by atoms with Gasteiger partial charge in [0.15, 0.2) is 11.5 Å². The van der Waals surface area contributed by atoms with Crippen molar-refractivity contribution in [2.45, 2.75) is 44.2 Å². The third-order valence-corrected chi connectivity index (χ3v) is 6.72. The molecule has 0 atom stereocenters. The average molecular weight is 488 g/mol. The zero-order valence-electron chi connectivity index (χ0n) is 19.3. The van der Waals surface area contributed by atoms with Gasteiger partial charge < -0.3 is 10.4 Å². The Hall–Kier alpha value is -4.05. The molecule has 0 bridgehead atoms. The smallest absolute Gasteiger partial charge is 0.178 e. The molecule has 0 amide bonds. The van der Waals surface area contributed by atoms with Crippen molar-refractivity contribution in [2.75, 3.05) is 5.32 Å². The van der Waals surface area contributed by atoms with Crippen LogP contribution in [0.25, 0.3) is 27.9 Å². The van der Waals surface area contributed by atoms with Gasteiger partial charge in [-0.3, -0.25) is 9.97 Å². The third-order valence-electron chi connectivity index (χ3n) is 6.72. The maximum absolute atomic E-state index is 13.7. The van der Waals surface area contributed by atoms with Gasteiger partial charge in [0.1, 0.15) is 17.2 Å². The number of hydrogen-bond acceptors (Lipinski definition) is 7. The first-order valence-corrected chi connectivity index (χ1v) is 11.9. The Morgan fingerprint density at radius 3 is 2.56 bits per heavy atom. The van der Waals surface area contributed by atoms with Crippen LogP contribution in [-0.4, -0.2) is 34.9 Å². The molecule has 5 aromatic rings. The lowest BCUT2D eigenvalue weighted by Gasteiger charge is -2.32. The molecule has 6 rings (SSSR count). The molecule has 0 radical (unpaired) electrons. The molecule has 0 unspecified atom stereocenters. The topological polar surface area (TPSA) is 101 Å². The highest BCUT2D eigenvalue weighted by Crippen LogP contribution is 2.37. The molecule has 2 N–H and O–H groups in total. The molecule has 4 aromatic heterocycles. The predicted octanol–water partition coefficient (Wildman–Crippen LogP) is 4.78. The first-order chi connectivity index (χ1) is 17.5. The van der Waals surface area contributed by atoms with Gasteiger partial charge in [-0.05, 0) is 49.2 Å². The van der Waals surface area contributed by atoms with E-state index in [4.69, 9.17) is 0 Å². The van der Waals surface area contributed by atoms with E-state index in [0.717, 1.165) is 49.4 Å². The highest BCUT2D eigenvalue weighted by atomic mass is 19.1. The molecule has 1 saturated carbocycles. The number of hydrogen-bond donors (Lipinski definition) is 2. The van der Waals surface area contributed by atoms with Gasteiger partial charge in [-0.15, -0.1) is 10.2 Å². The molecular weight excluding hydrogens is 464 g/mol. The number of halogens is 2. The fourth-order valence-electron chi connectivity index (χ4n) is 4.83. The number of nitrogens with zero attached hydrogens (tertiary/aromatic N) is 6. The van der Waals surface area contributed by atoms with Crippen LogP contribution in [0.2, 0.25) is 0 Å². The Labute approximate surface area is 205 Å². The largest absolute Gasteiger partial charge is 0.385 e. The fraction of sp³-hybridized carbons (Fsp3) is 0.269. The van der Waals surface area contributed by atoms with E-state index >= 15 is 0 Å². The van der Waals surface area contributed by atoms with Gasteiger partial charge in [-0.25, -0.2) is 8.78 Å². The number of anilines is 1. The lowest BCUT2D eigenvalue weighted by atomic mass is 9.80. The number of benzene rings is 1. The number of aliphatic hydroxyl groups is 1. The summed E-state index contributed by atoms with van der Waals surface area (Å²) in [6.45, 7) is 0.279. The minimum atomic E-state index is -0.848. The van der Waals surface area contributed by atoms with E-state index in [1.54, 1.807) is 29.0 Å². The van der Waals surface area contributed by atoms with E-state index in [-0.39, 0.29) is 6.54 Å². The van der Waals surface area contributed by atoms with Crippen LogP contribution in [0.1, 0.15) is 43.5 Å². The van der Waals surface area contributed by atoms with Crippen molar-refractivity contribution in [2.24, 2.45) is 0 Å². The second-order valence-corrected chi connectivity index (χ2v) is 9.16. The summed E-state index contributed by atoms with van der Waals surface area (Å²) >= 11 is 0. The van der Waals surface area contributed by atoms with Gasteiger partial charge in [0.05, 0.1) is 29.0 Å². The highest BCUT2D eigenvalue weighted by Gasteiger charge is 2.31. The lowest BCUT2D eigenvalue weighted by Crippen LogP contribution is -2.28. The summed E-state index contributed by atoms with van der Waals surface area (Å²) < 4.78 is 28.9. The van der Waals surface area contributed by atoms with Crippen molar-refractivity contribution in [3.63, 3.8) is 0 Å². The molecule has 182 valence electrons. The molecule has 8 nitrogen and oxygen atoms in total. The van der Waals surface area contributed by atoms with Crippen LogP contribution in [0, 0.1) is 11.6 Å². The lowest BCUT2D eigenvalue weighted by molar-refractivity contribution is -0.000796. The minimum absolute atomic E-state index is 0.279. The van der Waals surface area contributed by atoms with Crippen LogP contribution in [0.4, 0.5) is 14.5 Å². The zero-order chi connectivity index (χ0) is 24.7. The monoisotopic (exact) mass is 487 g/mol. The predicted molar refractivity (Wildman–Crippen MR) is 130 cm³/mol. The SMILES string of the molecule is OC1(c2cnc3c(NCc4nnc5ccc(-c6cc(F)cc(F)c6)nn45)ccnc3c2)CCCCC1. The van der Waals surface area contributed by atoms with Gasteiger partial charge in [0, 0.05) is 29.6 Å². The van der Waals surface area contributed by atoms with Gasteiger partial charge in [-0.2, -0.15) is 9.61 Å². The van der Waals surface area contributed by atoms with Crippen LogP contribution >= 0.6 is 0 Å². The molecule has 0 spiro atoms. The second kappa shape index (κ2) is 8.87. The van der Waals surface area contributed by atoms with E-state index in [1.165, 1.54) is 12.1 Å². The van der Waals surface area contributed by atoms with Gasteiger partial charge in [0.2, 0.25) is 0 Å². The Balaban J connectivity index is 1.28. The highest BCUT2D eigenvalue weighted by molar-refractivity contribution is 5.87. The second-order valence-electron chi connectivity index (χ2n) is 9.16. The molecule has 36 heavy (non-hydrogen) atoms. The van der Waals surface area contributed by atoms with Crippen LogP contribution in [-0.2, 0) is 12.1 Å². The van der Waals surface area contributed by atoms with E-state index in [0.29, 0.717) is 33.8 Å². The Morgan fingerprint density at radius 2 is 1.75 bits per heavy atom. The summed E-state index contributed by atoms with van der Waals surface area (Å²) in [5, 5.41) is 27.3. The van der Waals surface area contributed by atoms with Crippen LogP contribution in [0.15, 0.2) is 54.9 Å². The molecule has 1 aliphatic rings. The number of aromatic nitrogens is 6. The quantitative estimate of drug-likeness (QED) is 0.368. The van der Waals surface area contributed by atoms with Crippen LogP contribution in [0.5, 0.6) is 0 Å². The Bertz CT molecular complexity index is 1560. The Kier molecular flexibility index (Phi) is 5.52. The molecule has 1 fully saturated rings. The third kappa shape index (κ3) is 4.13. The van der Waals surface area contributed by atoms with Crippen LogP contribution in [0.3, 0.4) is 0 Å². The van der Waals surface area contributed by atoms with E-state index in [2.05, 4.69) is 30.6 Å². The molecule has 10 heteroatoms. The molecule has 1 aliphatic carbocycles. The average Bonchev–Trinajstić information content (AvgIpc) is 3.29. The summed E-state index contributed by atoms with van der Waals surface area (Å²) in [7, 11) is 0. The molecule has 4 heterocycles. The van der Waals surface area contributed by atoms with Crippen molar-refractivity contribution in [3.8, 4) is 11.3 Å². The van der Waals surface area contributed by atoms with E-state index < -0.39 is 17.2 Å². The van der Waals surface area contributed by atoms with Crippen molar-refractivity contribution in [1.82, 2.24) is 29.8 Å². The summed E-state index contributed by atoms with van der Waals surface area (Å²) in [5.41, 5.74) is 3.30. The number of nitrogens with one attached hydrogen (secondary N) is 1. The normalized spacial score (nSPS) is 15.4. The zero-order valence-corrected chi connectivity index (χ0v) is 19.3. The van der Waals surface area contributed by atoms with Gasteiger partial charge in [-0.1, -0.05) is 19.3 Å².